The minimum atomic E-state index is -4.39. The second-order valence-electron chi connectivity index (χ2n) is 3.63. The van der Waals surface area contributed by atoms with E-state index in [1.807, 2.05) is 0 Å². The van der Waals surface area contributed by atoms with Gasteiger partial charge in [0.2, 0.25) is 0 Å². The Labute approximate surface area is 88.6 Å². The van der Waals surface area contributed by atoms with Crippen LogP contribution in [0.5, 0.6) is 0 Å². The fourth-order valence-electron chi connectivity index (χ4n) is 1.40. The molecule has 1 saturated carbocycles. The molecule has 0 spiro atoms. The first-order valence-corrected chi connectivity index (χ1v) is 4.71. The molecule has 8 heteroatoms. The van der Waals surface area contributed by atoms with Crippen LogP contribution in [0.25, 0.3) is 0 Å². The zero-order valence-corrected chi connectivity index (χ0v) is 8.16. The van der Waals surface area contributed by atoms with E-state index >= 15 is 0 Å². The van der Waals surface area contributed by atoms with Crippen LogP contribution >= 0.6 is 0 Å². The number of hydrogen-bond acceptors (Lipinski definition) is 3. The standard InChI is InChI=1S/C8H9F3N4O/c9-8(10,11)4-15(5-1-2-5)7(16)6-3-12-14-13-6/h3,5H,1-2,4H2,(H,12,13,14). The molecule has 0 atom stereocenters. The Kier molecular flexibility index (Phi) is 2.56. The molecule has 1 heterocycles. The van der Waals surface area contributed by atoms with E-state index in [0.29, 0.717) is 12.8 Å². The SMILES string of the molecule is O=C(c1cn[nH]n1)N(CC(F)(F)F)C1CC1. The fraction of sp³-hybridized carbons (Fsp3) is 0.625. The Balaban J connectivity index is 2.11. The highest BCUT2D eigenvalue weighted by atomic mass is 19.4. The number of carbonyl (C=O) groups excluding carboxylic acids is 1. The molecule has 1 amide bonds. The Hall–Kier alpha value is -1.60. The van der Waals surface area contributed by atoms with E-state index in [4.69, 9.17) is 0 Å². The van der Waals surface area contributed by atoms with Crippen LogP contribution in [0, 0.1) is 0 Å². The third-order valence-corrected chi connectivity index (χ3v) is 2.23. The van der Waals surface area contributed by atoms with E-state index in [0.717, 1.165) is 11.1 Å². The van der Waals surface area contributed by atoms with E-state index in [-0.39, 0.29) is 11.7 Å². The van der Waals surface area contributed by atoms with Gasteiger partial charge in [-0.3, -0.25) is 4.79 Å². The van der Waals surface area contributed by atoms with Gasteiger partial charge in [0.1, 0.15) is 6.54 Å². The van der Waals surface area contributed by atoms with Crippen LogP contribution in [-0.4, -0.2) is 45.0 Å². The maximum atomic E-state index is 12.3. The maximum absolute atomic E-state index is 12.3. The van der Waals surface area contributed by atoms with E-state index in [1.165, 1.54) is 0 Å². The molecule has 2 rings (SSSR count). The van der Waals surface area contributed by atoms with Gasteiger partial charge in [0.05, 0.1) is 6.20 Å². The van der Waals surface area contributed by atoms with Crippen LogP contribution in [-0.2, 0) is 0 Å². The molecule has 0 unspecified atom stereocenters. The number of nitrogens with zero attached hydrogens (tertiary/aromatic N) is 3. The Bertz CT molecular complexity index is 371. The fourth-order valence-corrected chi connectivity index (χ4v) is 1.40. The van der Waals surface area contributed by atoms with Crippen molar-refractivity contribution < 1.29 is 18.0 Å². The van der Waals surface area contributed by atoms with Gasteiger partial charge in [0, 0.05) is 6.04 Å². The summed E-state index contributed by atoms with van der Waals surface area (Å²) in [5.74, 6) is -0.728. The van der Waals surface area contributed by atoms with Crippen molar-refractivity contribution in [2.24, 2.45) is 0 Å². The highest BCUT2D eigenvalue weighted by Crippen LogP contribution is 2.30. The Morgan fingerprint density at radius 1 is 1.56 bits per heavy atom. The van der Waals surface area contributed by atoms with Crippen LogP contribution in [0.3, 0.4) is 0 Å². The van der Waals surface area contributed by atoms with Crippen LogP contribution in [0.1, 0.15) is 23.3 Å². The minimum absolute atomic E-state index is 0.0869. The number of H-pyrrole nitrogens is 1. The quantitative estimate of drug-likeness (QED) is 0.847. The summed E-state index contributed by atoms with van der Waals surface area (Å²) in [6, 6.07) is -0.314. The molecule has 5 nitrogen and oxygen atoms in total. The van der Waals surface area contributed by atoms with Crippen molar-refractivity contribution >= 4 is 5.91 Å². The molecule has 1 aromatic heterocycles. The van der Waals surface area contributed by atoms with E-state index in [1.54, 1.807) is 0 Å². The van der Waals surface area contributed by atoms with Crippen molar-refractivity contribution in [2.45, 2.75) is 25.1 Å². The third-order valence-electron chi connectivity index (χ3n) is 2.23. The van der Waals surface area contributed by atoms with Gasteiger partial charge in [0.15, 0.2) is 5.69 Å². The van der Waals surface area contributed by atoms with Gasteiger partial charge in [0.25, 0.3) is 5.91 Å². The first-order chi connectivity index (χ1) is 7.47. The summed E-state index contributed by atoms with van der Waals surface area (Å²) in [5, 5.41) is 9.08. The lowest BCUT2D eigenvalue weighted by molar-refractivity contribution is -0.141. The summed E-state index contributed by atoms with van der Waals surface area (Å²) in [4.78, 5) is 12.5. The molecule has 0 bridgehead atoms. The molecular formula is C8H9F3N4O. The lowest BCUT2D eigenvalue weighted by Gasteiger charge is -2.22. The summed E-state index contributed by atoms with van der Waals surface area (Å²) < 4.78 is 36.8. The number of rotatable bonds is 3. The van der Waals surface area contributed by atoms with Crippen LogP contribution < -0.4 is 0 Å². The number of hydrogen-bond donors (Lipinski definition) is 1. The van der Waals surface area contributed by atoms with Crippen LogP contribution in [0.4, 0.5) is 13.2 Å². The number of nitrogens with one attached hydrogen (secondary N) is 1. The van der Waals surface area contributed by atoms with Crippen molar-refractivity contribution in [3.8, 4) is 0 Å². The second kappa shape index (κ2) is 3.76. The summed E-state index contributed by atoms with van der Waals surface area (Å²) in [5.41, 5.74) is -0.0869. The lowest BCUT2D eigenvalue weighted by atomic mass is 10.3. The van der Waals surface area contributed by atoms with Gasteiger partial charge < -0.3 is 4.90 Å². The highest BCUT2D eigenvalue weighted by molar-refractivity contribution is 5.92. The first kappa shape index (κ1) is 10.9. The molecule has 1 aliphatic carbocycles. The smallest absolute Gasteiger partial charge is 0.325 e. The average molecular weight is 234 g/mol. The maximum Gasteiger partial charge on any atom is 0.406 e. The van der Waals surface area contributed by atoms with Gasteiger partial charge in [-0.05, 0) is 12.8 Å². The molecular weight excluding hydrogens is 225 g/mol. The van der Waals surface area contributed by atoms with Gasteiger partial charge >= 0.3 is 6.18 Å². The predicted octanol–water partition coefficient (Wildman–Crippen LogP) is 0.972. The van der Waals surface area contributed by atoms with Crippen molar-refractivity contribution in [3.63, 3.8) is 0 Å². The number of amides is 1. The largest absolute Gasteiger partial charge is 0.406 e. The Morgan fingerprint density at radius 2 is 2.25 bits per heavy atom. The van der Waals surface area contributed by atoms with Gasteiger partial charge in [-0.2, -0.15) is 28.6 Å². The monoisotopic (exact) mass is 234 g/mol. The molecule has 1 fully saturated rings. The van der Waals surface area contributed by atoms with Crippen LogP contribution in [0.15, 0.2) is 6.20 Å². The molecule has 0 aromatic carbocycles. The average Bonchev–Trinajstić information content (AvgIpc) is 2.87. The van der Waals surface area contributed by atoms with Gasteiger partial charge in [-0.25, -0.2) is 0 Å². The first-order valence-electron chi connectivity index (χ1n) is 4.71. The number of aromatic nitrogens is 3. The van der Waals surface area contributed by atoms with Gasteiger partial charge in [-0.1, -0.05) is 0 Å². The number of aromatic amines is 1. The summed E-state index contributed by atoms with van der Waals surface area (Å²) >= 11 is 0. The molecule has 16 heavy (non-hydrogen) atoms. The topological polar surface area (TPSA) is 61.9 Å². The van der Waals surface area contributed by atoms with Crippen molar-refractivity contribution in [3.05, 3.63) is 11.9 Å². The van der Waals surface area contributed by atoms with E-state index in [2.05, 4.69) is 15.4 Å². The predicted molar refractivity (Wildman–Crippen MR) is 46.5 cm³/mol. The summed E-state index contributed by atoms with van der Waals surface area (Å²) in [6.45, 7) is -1.23. The molecule has 0 aliphatic heterocycles. The zero-order valence-electron chi connectivity index (χ0n) is 8.16. The molecule has 0 radical (unpaired) electrons. The highest BCUT2D eigenvalue weighted by Gasteiger charge is 2.41. The Morgan fingerprint density at radius 3 is 2.69 bits per heavy atom. The summed E-state index contributed by atoms with van der Waals surface area (Å²) in [6.07, 6.45) is -2.05. The molecule has 88 valence electrons. The number of carbonyl (C=O) groups is 1. The van der Waals surface area contributed by atoms with Crippen molar-refractivity contribution in [1.82, 2.24) is 20.3 Å². The third kappa shape index (κ3) is 2.50. The summed E-state index contributed by atoms with van der Waals surface area (Å²) in [7, 11) is 0. The van der Waals surface area contributed by atoms with E-state index in [9.17, 15) is 18.0 Å². The molecule has 0 saturated heterocycles. The van der Waals surface area contributed by atoms with Crippen molar-refractivity contribution in [1.29, 1.82) is 0 Å². The number of alkyl halides is 3. The second-order valence-corrected chi connectivity index (χ2v) is 3.63. The molecule has 1 aliphatic rings. The van der Waals surface area contributed by atoms with Crippen LogP contribution in [0.2, 0.25) is 0 Å². The number of halogens is 3. The van der Waals surface area contributed by atoms with E-state index < -0.39 is 18.6 Å². The normalized spacial score (nSPS) is 16.2. The zero-order chi connectivity index (χ0) is 11.8. The minimum Gasteiger partial charge on any atom is -0.325 e. The van der Waals surface area contributed by atoms with Crippen molar-refractivity contribution in [2.75, 3.05) is 6.54 Å². The lowest BCUT2D eigenvalue weighted by Crippen LogP contribution is -2.40. The molecule has 1 aromatic rings. The molecule has 1 N–H and O–H groups in total. The van der Waals surface area contributed by atoms with Gasteiger partial charge in [-0.15, -0.1) is 0 Å².